The van der Waals surface area contributed by atoms with Crippen LogP contribution in [0.3, 0.4) is 0 Å². The number of hydrogen-bond acceptors (Lipinski definition) is 6. The highest BCUT2D eigenvalue weighted by atomic mass is 35.5. The number of aliphatic hydroxyl groups is 1. The maximum absolute atomic E-state index is 9.00. The predicted molar refractivity (Wildman–Crippen MR) is 110 cm³/mol. The first-order valence-electron chi connectivity index (χ1n) is 8.75. The minimum absolute atomic E-state index is 0.114. The lowest BCUT2D eigenvalue weighted by molar-refractivity contribution is 0.292. The van der Waals surface area contributed by atoms with Gasteiger partial charge in [0.25, 0.3) is 0 Å². The van der Waals surface area contributed by atoms with Crippen LogP contribution in [-0.2, 0) is 0 Å². The molecule has 0 bridgehead atoms. The molecule has 0 spiro atoms. The van der Waals surface area contributed by atoms with E-state index in [4.69, 9.17) is 16.7 Å². The Morgan fingerprint density at radius 2 is 1.85 bits per heavy atom. The van der Waals surface area contributed by atoms with Crippen molar-refractivity contribution in [2.45, 2.75) is 20.3 Å². The molecule has 0 saturated carbocycles. The van der Waals surface area contributed by atoms with Gasteiger partial charge < -0.3 is 15.7 Å². The van der Waals surface area contributed by atoms with E-state index in [9.17, 15) is 0 Å². The highest BCUT2D eigenvalue weighted by Crippen LogP contribution is 2.30. The quantitative estimate of drug-likeness (QED) is 0.526. The average Bonchev–Trinajstić information content (AvgIpc) is 2.69. The van der Waals surface area contributed by atoms with Gasteiger partial charge in [-0.25, -0.2) is 4.98 Å². The third kappa shape index (κ3) is 4.72. The van der Waals surface area contributed by atoms with Gasteiger partial charge in [0.15, 0.2) is 0 Å². The molecule has 0 saturated heterocycles. The molecule has 2 aromatic heterocycles. The normalized spacial score (nSPS) is 10.7. The second kappa shape index (κ2) is 8.79. The summed E-state index contributed by atoms with van der Waals surface area (Å²) in [5, 5.41) is 16.2. The Morgan fingerprint density at radius 1 is 1.07 bits per heavy atom. The molecule has 3 aromatic rings. The van der Waals surface area contributed by atoms with E-state index in [1.807, 2.05) is 44.2 Å². The summed E-state index contributed by atoms with van der Waals surface area (Å²) in [6.45, 7) is 4.70. The number of pyridine rings is 1. The first kappa shape index (κ1) is 19.1. The number of anilines is 3. The van der Waals surface area contributed by atoms with E-state index in [1.54, 1.807) is 12.4 Å². The largest absolute Gasteiger partial charge is 0.396 e. The highest BCUT2D eigenvalue weighted by Gasteiger charge is 2.11. The van der Waals surface area contributed by atoms with Crippen molar-refractivity contribution < 1.29 is 5.11 Å². The van der Waals surface area contributed by atoms with Gasteiger partial charge in [-0.05, 0) is 49.6 Å². The smallest absolute Gasteiger partial charge is 0.225 e. The molecule has 0 amide bonds. The SMILES string of the molecule is Cc1ccc(Cl)c(C)c1Nc1cc(-c2ccncc2)nc(NCCCO)n1. The molecule has 6 nitrogen and oxygen atoms in total. The van der Waals surface area contributed by atoms with Crippen molar-refractivity contribution >= 4 is 29.1 Å². The molecule has 27 heavy (non-hydrogen) atoms. The summed E-state index contributed by atoms with van der Waals surface area (Å²) in [7, 11) is 0. The van der Waals surface area contributed by atoms with Gasteiger partial charge in [0, 0.05) is 47.9 Å². The Balaban J connectivity index is 1.99. The third-order valence-corrected chi connectivity index (χ3v) is 4.59. The third-order valence-electron chi connectivity index (χ3n) is 4.18. The summed E-state index contributed by atoms with van der Waals surface area (Å²) >= 11 is 6.28. The van der Waals surface area contributed by atoms with Gasteiger partial charge in [0.05, 0.1) is 5.69 Å². The fraction of sp³-hybridized carbons (Fsp3) is 0.250. The Hall–Kier alpha value is -2.70. The van der Waals surface area contributed by atoms with E-state index in [0.29, 0.717) is 29.8 Å². The lowest BCUT2D eigenvalue weighted by Crippen LogP contribution is -2.09. The number of rotatable bonds is 7. The van der Waals surface area contributed by atoms with Crippen LogP contribution in [0.15, 0.2) is 42.7 Å². The van der Waals surface area contributed by atoms with Crippen molar-refractivity contribution in [3.8, 4) is 11.3 Å². The first-order chi connectivity index (χ1) is 13.1. The number of hydrogen-bond donors (Lipinski definition) is 3. The van der Waals surface area contributed by atoms with E-state index in [0.717, 1.165) is 28.1 Å². The standard InChI is InChI=1S/C20H22ClN5O/c1-13-4-5-16(21)14(2)19(13)25-18-12-17(15-6-9-22-10-7-15)24-20(26-18)23-8-3-11-27/h4-7,9-10,12,27H,3,8,11H2,1-2H3,(H2,23,24,25,26). The number of benzene rings is 1. The molecule has 2 heterocycles. The van der Waals surface area contributed by atoms with Crippen molar-refractivity contribution in [3.05, 3.63) is 58.9 Å². The zero-order valence-electron chi connectivity index (χ0n) is 15.3. The van der Waals surface area contributed by atoms with Crippen LogP contribution in [0, 0.1) is 13.8 Å². The van der Waals surface area contributed by atoms with Crippen LogP contribution in [0.5, 0.6) is 0 Å². The first-order valence-corrected chi connectivity index (χ1v) is 9.13. The highest BCUT2D eigenvalue weighted by molar-refractivity contribution is 6.31. The fourth-order valence-electron chi connectivity index (χ4n) is 2.68. The zero-order chi connectivity index (χ0) is 19.2. The van der Waals surface area contributed by atoms with Gasteiger partial charge in [-0.3, -0.25) is 4.98 Å². The summed E-state index contributed by atoms with van der Waals surface area (Å²) in [5.74, 6) is 1.16. The Morgan fingerprint density at radius 3 is 2.59 bits per heavy atom. The fourth-order valence-corrected chi connectivity index (χ4v) is 2.84. The van der Waals surface area contributed by atoms with Gasteiger partial charge in [0.1, 0.15) is 5.82 Å². The molecular weight excluding hydrogens is 362 g/mol. The van der Waals surface area contributed by atoms with Gasteiger partial charge in [0.2, 0.25) is 5.95 Å². The molecule has 1 aromatic carbocycles. The molecule has 3 rings (SSSR count). The van der Waals surface area contributed by atoms with E-state index >= 15 is 0 Å². The van der Waals surface area contributed by atoms with Crippen LogP contribution in [-0.4, -0.2) is 33.2 Å². The summed E-state index contributed by atoms with van der Waals surface area (Å²) < 4.78 is 0. The van der Waals surface area contributed by atoms with Crippen LogP contribution in [0.1, 0.15) is 17.5 Å². The van der Waals surface area contributed by atoms with Crippen molar-refractivity contribution in [1.82, 2.24) is 15.0 Å². The molecule has 140 valence electrons. The molecule has 0 atom stereocenters. The monoisotopic (exact) mass is 383 g/mol. The van der Waals surface area contributed by atoms with Crippen LogP contribution in [0.2, 0.25) is 5.02 Å². The maximum Gasteiger partial charge on any atom is 0.225 e. The van der Waals surface area contributed by atoms with E-state index in [1.165, 1.54) is 0 Å². The topological polar surface area (TPSA) is 83.0 Å². The van der Waals surface area contributed by atoms with Gasteiger partial charge in [-0.15, -0.1) is 0 Å². The van der Waals surface area contributed by atoms with E-state index in [-0.39, 0.29) is 6.61 Å². The van der Waals surface area contributed by atoms with Gasteiger partial charge in [-0.1, -0.05) is 17.7 Å². The minimum Gasteiger partial charge on any atom is -0.396 e. The summed E-state index contributed by atoms with van der Waals surface area (Å²) in [5.41, 5.74) is 4.70. The summed E-state index contributed by atoms with van der Waals surface area (Å²) in [6.07, 6.45) is 4.08. The number of nitrogens with one attached hydrogen (secondary N) is 2. The number of halogens is 1. The van der Waals surface area contributed by atoms with Crippen LogP contribution in [0.4, 0.5) is 17.5 Å². The minimum atomic E-state index is 0.114. The molecule has 0 aliphatic heterocycles. The summed E-state index contributed by atoms with van der Waals surface area (Å²) in [6, 6.07) is 9.57. The molecule has 3 N–H and O–H groups in total. The molecule has 0 aliphatic rings. The molecular formula is C20H22ClN5O. The van der Waals surface area contributed by atoms with E-state index in [2.05, 4.69) is 25.6 Å². The van der Waals surface area contributed by atoms with Gasteiger partial charge in [-0.2, -0.15) is 4.98 Å². The summed E-state index contributed by atoms with van der Waals surface area (Å²) in [4.78, 5) is 13.2. The number of nitrogens with zero attached hydrogens (tertiary/aromatic N) is 3. The van der Waals surface area contributed by atoms with Crippen LogP contribution < -0.4 is 10.6 Å². The zero-order valence-corrected chi connectivity index (χ0v) is 16.1. The van der Waals surface area contributed by atoms with Crippen molar-refractivity contribution in [2.24, 2.45) is 0 Å². The second-order valence-electron chi connectivity index (χ2n) is 6.19. The molecule has 0 unspecified atom stereocenters. The molecule has 0 radical (unpaired) electrons. The predicted octanol–water partition coefficient (Wildman–Crippen LogP) is 4.35. The van der Waals surface area contributed by atoms with Crippen molar-refractivity contribution in [2.75, 3.05) is 23.8 Å². The molecule has 0 fully saturated rings. The number of aryl methyl sites for hydroxylation is 1. The Kier molecular flexibility index (Phi) is 6.21. The van der Waals surface area contributed by atoms with Crippen molar-refractivity contribution in [1.29, 1.82) is 0 Å². The van der Waals surface area contributed by atoms with Crippen LogP contribution in [0.25, 0.3) is 11.3 Å². The van der Waals surface area contributed by atoms with Crippen LogP contribution >= 0.6 is 11.6 Å². The lowest BCUT2D eigenvalue weighted by Gasteiger charge is -2.15. The molecule has 0 aliphatic carbocycles. The number of aromatic nitrogens is 3. The lowest BCUT2D eigenvalue weighted by atomic mass is 10.1. The number of aliphatic hydroxyl groups excluding tert-OH is 1. The Bertz CT molecular complexity index is 918. The Labute approximate surface area is 163 Å². The second-order valence-corrected chi connectivity index (χ2v) is 6.60. The van der Waals surface area contributed by atoms with Crippen molar-refractivity contribution in [3.63, 3.8) is 0 Å². The average molecular weight is 384 g/mol. The maximum atomic E-state index is 9.00. The van der Waals surface area contributed by atoms with E-state index < -0.39 is 0 Å². The molecule has 7 heteroatoms. The van der Waals surface area contributed by atoms with Gasteiger partial charge >= 0.3 is 0 Å².